The molecule has 0 amide bonds. The fourth-order valence-corrected chi connectivity index (χ4v) is 2.50. The van der Waals surface area contributed by atoms with Gasteiger partial charge in [0.05, 0.1) is 6.61 Å². The summed E-state index contributed by atoms with van der Waals surface area (Å²) in [6.07, 6.45) is 1.92. The molecule has 0 aliphatic rings. The van der Waals surface area contributed by atoms with Crippen LogP contribution in [0.5, 0.6) is 0 Å². The largest absolute Gasteiger partial charge is 0.395 e. The first-order valence-corrected chi connectivity index (χ1v) is 7.12. The standard InChI is InChI=1S/C13H19F2NOS/c1-8(16-9(2)13(7-17)18-3)10-4-11(14)6-12(15)5-10/h4-6,8-9,13,16-17H,7H2,1-3H3. The average molecular weight is 275 g/mol. The molecule has 2 N–H and O–H groups in total. The minimum atomic E-state index is -0.574. The van der Waals surface area contributed by atoms with E-state index < -0.39 is 11.6 Å². The molecule has 0 bridgehead atoms. The summed E-state index contributed by atoms with van der Waals surface area (Å²) in [6.45, 7) is 3.86. The summed E-state index contributed by atoms with van der Waals surface area (Å²) in [5, 5.41) is 12.5. The van der Waals surface area contributed by atoms with E-state index in [1.54, 1.807) is 11.8 Å². The Morgan fingerprint density at radius 1 is 1.22 bits per heavy atom. The maximum Gasteiger partial charge on any atom is 0.126 e. The fraction of sp³-hybridized carbons (Fsp3) is 0.538. The number of thioether (sulfide) groups is 1. The molecule has 0 saturated heterocycles. The van der Waals surface area contributed by atoms with Gasteiger partial charge in [-0.15, -0.1) is 0 Å². The van der Waals surface area contributed by atoms with E-state index in [0.717, 1.165) is 6.07 Å². The van der Waals surface area contributed by atoms with E-state index in [1.165, 1.54) is 12.1 Å². The Kier molecular flexibility index (Phi) is 6.05. The zero-order valence-corrected chi connectivity index (χ0v) is 11.6. The minimum absolute atomic E-state index is 0.0475. The zero-order valence-electron chi connectivity index (χ0n) is 10.8. The van der Waals surface area contributed by atoms with Crippen molar-refractivity contribution >= 4 is 11.8 Å². The third-order valence-electron chi connectivity index (χ3n) is 2.94. The molecule has 1 rings (SSSR count). The number of rotatable bonds is 6. The highest BCUT2D eigenvalue weighted by Crippen LogP contribution is 2.19. The van der Waals surface area contributed by atoms with Crippen LogP contribution in [0, 0.1) is 11.6 Å². The Morgan fingerprint density at radius 3 is 2.22 bits per heavy atom. The first-order valence-electron chi connectivity index (χ1n) is 5.83. The molecule has 1 aromatic carbocycles. The van der Waals surface area contributed by atoms with Gasteiger partial charge >= 0.3 is 0 Å². The van der Waals surface area contributed by atoms with Crippen molar-refractivity contribution in [2.45, 2.75) is 31.2 Å². The molecule has 2 nitrogen and oxygen atoms in total. The van der Waals surface area contributed by atoms with Gasteiger partial charge in [-0.25, -0.2) is 8.78 Å². The van der Waals surface area contributed by atoms with Gasteiger partial charge in [0, 0.05) is 23.4 Å². The second-order valence-corrected chi connectivity index (χ2v) is 5.41. The summed E-state index contributed by atoms with van der Waals surface area (Å²) in [5.41, 5.74) is 0.567. The highest BCUT2D eigenvalue weighted by molar-refractivity contribution is 7.99. The third kappa shape index (κ3) is 4.23. The molecule has 0 spiro atoms. The van der Waals surface area contributed by atoms with Crippen LogP contribution >= 0.6 is 11.8 Å². The highest BCUT2D eigenvalue weighted by Gasteiger charge is 2.18. The quantitative estimate of drug-likeness (QED) is 0.837. The average Bonchev–Trinajstić information content (AvgIpc) is 2.29. The van der Waals surface area contributed by atoms with E-state index in [1.807, 2.05) is 20.1 Å². The predicted molar refractivity (Wildman–Crippen MR) is 71.8 cm³/mol. The maximum atomic E-state index is 13.1. The summed E-state index contributed by atoms with van der Waals surface area (Å²) in [7, 11) is 0. The number of benzene rings is 1. The van der Waals surface area contributed by atoms with Gasteiger partial charge in [0.1, 0.15) is 11.6 Å². The van der Waals surface area contributed by atoms with Gasteiger partial charge in [-0.2, -0.15) is 11.8 Å². The topological polar surface area (TPSA) is 32.3 Å². The van der Waals surface area contributed by atoms with E-state index >= 15 is 0 Å². The molecule has 5 heteroatoms. The van der Waals surface area contributed by atoms with E-state index in [4.69, 9.17) is 0 Å². The fourth-order valence-electron chi connectivity index (χ4n) is 1.86. The van der Waals surface area contributed by atoms with Crippen molar-refractivity contribution in [1.82, 2.24) is 5.32 Å². The molecule has 3 unspecified atom stereocenters. The lowest BCUT2D eigenvalue weighted by Crippen LogP contribution is -2.39. The summed E-state index contributed by atoms with van der Waals surface area (Å²) in [6, 6.07) is 3.37. The molecule has 1 aromatic rings. The molecule has 0 aromatic heterocycles. The number of halogens is 2. The van der Waals surface area contributed by atoms with Gasteiger partial charge in [-0.1, -0.05) is 0 Å². The molecule has 0 radical (unpaired) electrons. The number of aliphatic hydroxyl groups is 1. The SMILES string of the molecule is CSC(CO)C(C)NC(C)c1cc(F)cc(F)c1. The summed E-state index contributed by atoms with van der Waals surface area (Å²) in [5.74, 6) is -1.15. The molecular weight excluding hydrogens is 256 g/mol. The van der Waals surface area contributed by atoms with E-state index in [-0.39, 0.29) is 23.9 Å². The van der Waals surface area contributed by atoms with Crippen LogP contribution in [0.3, 0.4) is 0 Å². The maximum absolute atomic E-state index is 13.1. The van der Waals surface area contributed by atoms with Crippen LogP contribution in [-0.2, 0) is 0 Å². The molecule has 0 heterocycles. The van der Waals surface area contributed by atoms with Gasteiger partial charge in [-0.3, -0.25) is 0 Å². The smallest absolute Gasteiger partial charge is 0.126 e. The normalized spacial score (nSPS) is 16.3. The van der Waals surface area contributed by atoms with Crippen molar-refractivity contribution in [1.29, 1.82) is 0 Å². The lowest BCUT2D eigenvalue weighted by molar-refractivity contribution is 0.271. The van der Waals surface area contributed by atoms with Crippen LogP contribution in [0.25, 0.3) is 0 Å². The second kappa shape index (κ2) is 7.07. The van der Waals surface area contributed by atoms with Crippen LogP contribution in [0.15, 0.2) is 18.2 Å². The minimum Gasteiger partial charge on any atom is -0.395 e. The van der Waals surface area contributed by atoms with Crippen molar-refractivity contribution in [2.24, 2.45) is 0 Å². The lowest BCUT2D eigenvalue weighted by atomic mass is 10.1. The Labute approximate surface area is 111 Å². The first kappa shape index (κ1) is 15.4. The number of nitrogens with one attached hydrogen (secondary N) is 1. The number of aliphatic hydroxyl groups excluding tert-OH is 1. The number of hydrogen-bond acceptors (Lipinski definition) is 3. The second-order valence-electron chi connectivity index (χ2n) is 4.34. The van der Waals surface area contributed by atoms with E-state index in [9.17, 15) is 13.9 Å². The molecule has 0 aliphatic heterocycles. The summed E-state index contributed by atoms with van der Waals surface area (Å²) in [4.78, 5) is 0. The summed E-state index contributed by atoms with van der Waals surface area (Å²) < 4.78 is 26.2. The summed E-state index contributed by atoms with van der Waals surface area (Å²) >= 11 is 1.56. The predicted octanol–water partition coefficient (Wildman–Crippen LogP) is 2.73. The Balaban J connectivity index is 2.72. The molecule has 0 fully saturated rings. The van der Waals surface area contributed by atoms with Crippen LogP contribution in [0.2, 0.25) is 0 Å². The van der Waals surface area contributed by atoms with Crippen molar-refractivity contribution in [3.05, 3.63) is 35.4 Å². The zero-order chi connectivity index (χ0) is 13.7. The van der Waals surface area contributed by atoms with Crippen LogP contribution < -0.4 is 5.32 Å². The Hall–Kier alpha value is -0.650. The molecule has 0 saturated carbocycles. The third-order valence-corrected chi connectivity index (χ3v) is 4.10. The van der Waals surface area contributed by atoms with Crippen molar-refractivity contribution in [3.8, 4) is 0 Å². The Bertz CT molecular complexity index is 365. The Morgan fingerprint density at radius 2 is 1.78 bits per heavy atom. The van der Waals surface area contributed by atoms with Crippen LogP contribution in [-0.4, -0.2) is 29.3 Å². The van der Waals surface area contributed by atoms with Gasteiger partial charge in [0.15, 0.2) is 0 Å². The van der Waals surface area contributed by atoms with Gasteiger partial charge in [0.2, 0.25) is 0 Å². The van der Waals surface area contributed by atoms with E-state index in [2.05, 4.69) is 5.32 Å². The molecule has 0 aliphatic carbocycles. The lowest BCUT2D eigenvalue weighted by Gasteiger charge is -2.25. The van der Waals surface area contributed by atoms with Crippen molar-refractivity contribution in [3.63, 3.8) is 0 Å². The molecule has 18 heavy (non-hydrogen) atoms. The van der Waals surface area contributed by atoms with Crippen LogP contribution in [0.4, 0.5) is 8.78 Å². The van der Waals surface area contributed by atoms with Gasteiger partial charge in [-0.05, 0) is 37.8 Å². The molecule has 3 atom stereocenters. The molecule has 102 valence electrons. The molecular formula is C13H19F2NOS. The monoisotopic (exact) mass is 275 g/mol. The highest BCUT2D eigenvalue weighted by atomic mass is 32.2. The van der Waals surface area contributed by atoms with Crippen molar-refractivity contribution in [2.75, 3.05) is 12.9 Å². The van der Waals surface area contributed by atoms with Crippen molar-refractivity contribution < 1.29 is 13.9 Å². The van der Waals surface area contributed by atoms with E-state index in [0.29, 0.717) is 5.56 Å². The van der Waals surface area contributed by atoms with Crippen LogP contribution in [0.1, 0.15) is 25.5 Å². The van der Waals surface area contributed by atoms with Gasteiger partial charge in [0.25, 0.3) is 0 Å². The number of hydrogen-bond donors (Lipinski definition) is 2. The van der Waals surface area contributed by atoms with Gasteiger partial charge < -0.3 is 10.4 Å². The first-order chi connectivity index (χ1) is 8.47.